The normalized spacial score (nSPS) is 28.8. The molecule has 2 unspecified atom stereocenters. The zero-order chi connectivity index (χ0) is 8.97. The monoisotopic (exact) mass is 170 g/mol. The highest BCUT2D eigenvalue weighted by atomic mass is 15.2. The molecule has 0 aromatic heterocycles. The molecule has 2 nitrogen and oxygen atoms in total. The van der Waals surface area contributed by atoms with Crippen LogP contribution in [0.3, 0.4) is 0 Å². The van der Waals surface area contributed by atoms with Gasteiger partial charge >= 0.3 is 0 Å². The second-order valence-corrected chi connectivity index (χ2v) is 3.99. The molecule has 0 aromatic rings. The number of nitrogens with one attached hydrogen (secondary N) is 1. The second kappa shape index (κ2) is 4.83. The minimum absolute atomic E-state index is 0.679. The lowest BCUT2D eigenvalue weighted by molar-refractivity contribution is 0.151. The molecule has 0 radical (unpaired) electrons. The van der Waals surface area contributed by atoms with Gasteiger partial charge in [-0.25, -0.2) is 0 Å². The van der Waals surface area contributed by atoms with Gasteiger partial charge < -0.3 is 5.32 Å². The van der Waals surface area contributed by atoms with Crippen molar-refractivity contribution >= 4 is 0 Å². The highest BCUT2D eigenvalue weighted by Gasteiger charge is 2.19. The highest BCUT2D eigenvalue weighted by molar-refractivity contribution is 4.78. The molecule has 0 saturated carbocycles. The summed E-state index contributed by atoms with van der Waals surface area (Å²) < 4.78 is 0. The summed E-state index contributed by atoms with van der Waals surface area (Å²) in [7, 11) is 0. The van der Waals surface area contributed by atoms with E-state index in [1.165, 1.54) is 25.9 Å². The van der Waals surface area contributed by atoms with Gasteiger partial charge in [-0.15, -0.1) is 0 Å². The summed E-state index contributed by atoms with van der Waals surface area (Å²) in [6, 6.07) is 1.46. The van der Waals surface area contributed by atoms with Crippen LogP contribution < -0.4 is 5.32 Å². The summed E-state index contributed by atoms with van der Waals surface area (Å²) >= 11 is 0. The molecular weight excluding hydrogens is 148 g/mol. The molecule has 1 N–H and O–H groups in total. The molecule has 0 bridgehead atoms. The van der Waals surface area contributed by atoms with Gasteiger partial charge in [0.1, 0.15) is 0 Å². The van der Waals surface area contributed by atoms with E-state index in [0.29, 0.717) is 6.04 Å². The minimum Gasteiger partial charge on any atom is -0.312 e. The minimum atomic E-state index is 0.679. The molecule has 2 atom stereocenters. The molecule has 0 spiro atoms. The first-order chi connectivity index (χ1) is 5.74. The molecular formula is C10H22N2. The summed E-state index contributed by atoms with van der Waals surface area (Å²) in [6.45, 7) is 10.5. The largest absolute Gasteiger partial charge is 0.312 e. The van der Waals surface area contributed by atoms with Gasteiger partial charge in [0.25, 0.3) is 0 Å². The average Bonchev–Trinajstić information content (AvgIpc) is 2.05. The Morgan fingerprint density at radius 3 is 2.92 bits per heavy atom. The summed E-state index contributed by atoms with van der Waals surface area (Å²) in [5.41, 5.74) is 0. The van der Waals surface area contributed by atoms with Gasteiger partial charge in [0.15, 0.2) is 0 Å². The first-order valence-electron chi connectivity index (χ1n) is 5.21. The third-order valence-corrected chi connectivity index (χ3v) is 2.73. The predicted molar refractivity (Wildman–Crippen MR) is 53.4 cm³/mol. The van der Waals surface area contributed by atoms with Crippen molar-refractivity contribution in [3.05, 3.63) is 0 Å². The SMILES string of the molecule is CCCC(C)N1CCNC(C)C1. The molecule has 1 rings (SSSR count). The number of nitrogens with zero attached hydrogens (tertiary/aromatic N) is 1. The van der Waals surface area contributed by atoms with E-state index in [2.05, 4.69) is 31.0 Å². The van der Waals surface area contributed by atoms with Gasteiger partial charge in [-0.3, -0.25) is 4.90 Å². The molecule has 1 aliphatic heterocycles. The van der Waals surface area contributed by atoms with Gasteiger partial charge in [-0.05, 0) is 20.3 Å². The first-order valence-corrected chi connectivity index (χ1v) is 5.21. The quantitative estimate of drug-likeness (QED) is 0.690. The Balaban J connectivity index is 2.29. The summed E-state index contributed by atoms with van der Waals surface area (Å²) in [5.74, 6) is 0. The topological polar surface area (TPSA) is 15.3 Å². The van der Waals surface area contributed by atoms with Gasteiger partial charge in [-0.1, -0.05) is 13.3 Å². The molecule has 12 heavy (non-hydrogen) atoms. The van der Waals surface area contributed by atoms with Crippen LogP contribution in [0.4, 0.5) is 0 Å². The van der Waals surface area contributed by atoms with Gasteiger partial charge in [-0.2, -0.15) is 0 Å². The Bertz CT molecular complexity index is 125. The van der Waals surface area contributed by atoms with Crippen LogP contribution in [0.25, 0.3) is 0 Å². The van der Waals surface area contributed by atoms with Crippen LogP contribution in [0, 0.1) is 0 Å². The van der Waals surface area contributed by atoms with Gasteiger partial charge in [0.05, 0.1) is 0 Å². The Kier molecular flexibility index (Phi) is 4.02. The molecule has 1 aliphatic rings. The maximum absolute atomic E-state index is 3.47. The van der Waals surface area contributed by atoms with Crippen molar-refractivity contribution < 1.29 is 0 Å². The fraction of sp³-hybridized carbons (Fsp3) is 1.00. The molecule has 1 saturated heterocycles. The Labute approximate surface area is 76.3 Å². The van der Waals surface area contributed by atoms with Crippen molar-refractivity contribution in [1.29, 1.82) is 0 Å². The molecule has 1 heterocycles. The van der Waals surface area contributed by atoms with E-state index < -0.39 is 0 Å². The van der Waals surface area contributed by atoms with E-state index in [9.17, 15) is 0 Å². The van der Waals surface area contributed by atoms with E-state index in [1.807, 2.05) is 0 Å². The summed E-state index contributed by atoms with van der Waals surface area (Å²) in [6.07, 6.45) is 2.65. The van der Waals surface area contributed by atoms with E-state index in [4.69, 9.17) is 0 Å². The van der Waals surface area contributed by atoms with Crippen LogP contribution in [0.5, 0.6) is 0 Å². The van der Waals surface area contributed by atoms with E-state index in [-0.39, 0.29) is 0 Å². The molecule has 1 fully saturated rings. The van der Waals surface area contributed by atoms with Crippen LogP contribution in [0.2, 0.25) is 0 Å². The third-order valence-electron chi connectivity index (χ3n) is 2.73. The molecule has 2 heteroatoms. The molecule has 0 aromatic carbocycles. The van der Waals surface area contributed by atoms with Crippen LogP contribution in [0.15, 0.2) is 0 Å². The van der Waals surface area contributed by atoms with Crippen LogP contribution in [-0.2, 0) is 0 Å². The predicted octanol–water partition coefficient (Wildman–Crippen LogP) is 1.47. The lowest BCUT2D eigenvalue weighted by Crippen LogP contribution is -2.52. The van der Waals surface area contributed by atoms with Crippen molar-refractivity contribution in [3.8, 4) is 0 Å². The van der Waals surface area contributed by atoms with Crippen molar-refractivity contribution in [3.63, 3.8) is 0 Å². The maximum Gasteiger partial charge on any atom is 0.0167 e. The zero-order valence-electron chi connectivity index (χ0n) is 8.64. The van der Waals surface area contributed by atoms with Crippen LogP contribution in [-0.4, -0.2) is 36.6 Å². The number of piperazine rings is 1. The first kappa shape index (κ1) is 10.0. The number of hydrogen-bond acceptors (Lipinski definition) is 2. The fourth-order valence-electron chi connectivity index (χ4n) is 1.96. The lowest BCUT2D eigenvalue weighted by atomic mass is 10.1. The van der Waals surface area contributed by atoms with Crippen molar-refractivity contribution in [2.45, 2.75) is 45.7 Å². The second-order valence-electron chi connectivity index (χ2n) is 3.99. The molecule has 0 amide bonds. The lowest BCUT2D eigenvalue weighted by Gasteiger charge is -2.36. The fourth-order valence-corrected chi connectivity index (χ4v) is 1.96. The highest BCUT2D eigenvalue weighted by Crippen LogP contribution is 2.08. The van der Waals surface area contributed by atoms with Gasteiger partial charge in [0, 0.05) is 31.7 Å². The van der Waals surface area contributed by atoms with Crippen molar-refractivity contribution in [1.82, 2.24) is 10.2 Å². The van der Waals surface area contributed by atoms with E-state index >= 15 is 0 Å². The third kappa shape index (κ3) is 2.76. The van der Waals surface area contributed by atoms with Crippen LogP contribution in [0.1, 0.15) is 33.6 Å². The van der Waals surface area contributed by atoms with E-state index in [0.717, 1.165) is 12.6 Å². The smallest absolute Gasteiger partial charge is 0.0167 e. The molecule has 0 aliphatic carbocycles. The average molecular weight is 170 g/mol. The summed E-state index contributed by atoms with van der Waals surface area (Å²) in [4.78, 5) is 2.60. The van der Waals surface area contributed by atoms with Gasteiger partial charge in [0.2, 0.25) is 0 Å². The summed E-state index contributed by atoms with van der Waals surface area (Å²) in [5, 5.41) is 3.47. The zero-order valence-corrected chi connectivity index (χ0v) is 8.64. The Morgan fingerprint density at radius 1 is 1.58 bits per heavy atom. The van der Waals surface area contributed by atoms with Crippen molar-refractivity contribution in [2.75, 3.05) is 19.6 Å². The number of rotatable bonds is 3. The Morgan fingerprint density at radius 2 is 2.33 bits per heavy atom. The maximum atomic E-state index is 3.47. The standard InChI is InChI=1S/C10H22N2/c1-4-5-10(3)12-7-6-11-9(2)8-12/h9-11H,4-8H2,1-3H3. The Hall–Kier alpha value is -0.0800. The van der Waals surface area contributed by atoms with E-state index in [1.54, 1.807) is 0 Å². The van der Waals surface area contributed by atoms with Crippen molar-refractivity contribution in [2.24, 2.45) is 0 Å². The number of hydrogen-bond donors (Lipinski definition) is 1. The van der Waals surface area contributed by atoms with Crippen LogP contribution >= 0.6 is 0 Å². The molecule has 72 valence electrons.